The third kappa shape index (κ3) is 2.52. The van der Waals surface area contributed by atoms with Crippen molar-refractivity contribution in [3.8, 4) is 0 Å². The van der Waals surface area contributed by atoms with Crippen LogP contribution >= 0.6 is 0 Å². The van der Waals surface area contributed by atoms with E-state index in [1.807, 2.05) is 0 Å². The molecule has 1 unspecified atom stereocenters. The first-order valence-corrected chi connectivity index (χ1v) is 7.88. The summed E-state index contributed by atoms with van der Waals surface area (Å²) in [7, 11) is 0. The number of amides is 3. The van der Waals surface area contributed by atoms with Crippen molar-refractivity contribution in [1.82, 2.24) is 20.2 Å². The summed E-state index contributed by atoms with van der Waals surface area (Å²) in [6.07, 6.45) is -4.18. The smallest absolute Gasteiger partial charge is 0.338 e. The lowest BCUT2D eigenvalue weighted by atomic mass is 9.85. The number of aromatic amines is 1. The number of H-pyrrole nitrogens is 1. The average Bonchev–Trinajstić information content (AvgIpc) is 3.23. The van der Waals surface area contributed by atoms with Gasteiger partial charge in [-0.25, -0.2) is 4.98 Å². The van der Waals surface area contributed by atoms with E-state index in [0.29, 0.717) is 13.0 Å². The highest BCUT2D eigenvalue weighted by atomic mass is 19.4. The van der Waals surface area contributed by atoms with Gasteiger partial charge in [0, 0.05) is 25.1 Å². The SMILES string of the molecule is O=C1CC2(CCN(C(=O)c3ccc4nc(C(F)(F)F)[nH]c4c3)C2)C(=O)N1. The standard InChI is InChI=1S/C16H13F3N4O3/c17-16(18,19)13-20-9-2-1-8(5-10(9)21-13)12(25)23-4-3-15(7-23)6-11(24)22-14(15)26/h1-2,5H,3-4,6-7H2,(H,20,21)(H,22,24,26). The number of nitrogens with one attached hydrogen (secondary N) is 2. The molecule has 0 radical (unpaired) electrons. The highest BCUT2D eigenvalue weighted by molar-refractivity contribution is 6.07. The number of hydrogen-bond acceptors (Lipinski definition) is 4. The number of benzene rings is 1. The molecule has 0 aliphatic carbocycles. The number of carbonyl (C=O) groups excluding carboxylic acids is 3. The van der Waals surface area contributed by atoms with Crippen LogP contribution < -0.4 is 5.32 Å². The number of fused-ring (bicyclic) bond motifs is 1. The Labute approximate surface area is 144 Å². The van der Waals surface area contributed by atoms with E-state index in [0.717, 1.165) is 0 Å². The van der Waals surface area contributed by atoms with Crippen molar-refractivity contribution in [1.29, 1.82) is 0 Å². The van der Waals surface area contributed by atoms with Gasteiger partial charge in [0.15, 0.2) is 0 Å². The van der Waals surface area contributed by atoms with E-state index in [1.165, 1.54) is 23.1 Å². The van der Waals surface area contributed by atoms with E-state index in [1.54, 1.807) is 0 Å². The summed E-state index contributed by atoms with van der Waals surface area (Å²) in [6, 6.07) is 4.05. The molecule has 2 aromatic rings. The number of carbonyl (C=O) groups is 3. The van der Waals surface area contributed by atoms with Crippen LogP contribution in [0.5, 0.6) is 0 Å². The number of rotatable bonds is 1. The Balaban J connectivity index is 1.59. The maximum Gasteiger partial charge on any atom is 0.449 e. The average molecular weight is 366 g/mol. The summed E-state index contributed by atoms with van der Waals surface area (Å²) in [6.45, 7) is 0.409. The maximum absolute atomic E-state index is 12.7. The maximum atomic E-state index is 12.7. The number of hydrogen-bond donors (Lipinski definition) is 2. The van der Waals surface area contributed by atoms with Crippen LogP contribution in [-0.4, -0.2) is 45.7 Å². The summed E-state index contributed by atoms with van der Waals surface area (Å²) in [5.41, 5.74) is -0.496. The molecule has 26 heavy (non-hydrogen) atoms. The van der Waals surface area contributed by atoms with Gasteiger partial charge in [-0.3, -0.25) is 19.7 Å². The topological polar surface area (TPSA) is 95.2 Å². The third-order valence-electron chi connectivity index (χ3n) is 4.87. The summed E-state index contributed by atoms with van der Waals surface area (Å²) < 4.78 is 38.2. The van der Waals surface area contributed by atoms with Gasteiger partial charge in [-0.1, -0.05) is 0 Å². The predicted octanol–water partition coefficient (Wildman–Crippen LogP) is 1.46. The number of halogens is 3. The minimum absolute atomic E-state index is 0.0458. The molecule has 1 aromatic heterocycles. The van der Waals surface area contributed by atoms with Gasteiger partial charge in [-0.2, -0.15) is 13.2 Å². The third-order valence-corrected chi connectivity index (χ3v) is 4.87. The van der Waals surface area contributed by atoms with E-state index in [-0.39, 0.29) is 41.4 Å². The summed E-state index contributed by atoms with van der Waals surface area (Å²) in [4.78, 5) is 43.2. The van der Waals surface area contributed by atoms with Crippen LogP contribution in [0.25, 0.3) is 11.0 Å². The minimum Gasteiger partial charge on any atom is -0.338 e. The Morgan fingerprint density at radius 1 is 1.27 bits per heavy atom. The molecule has 4 rings (SSSR count). The Morgan fingerprint density at radius 2 is 2.04 bits per heavy atom. The van der Waals surface area contributed by atoms with Gasteiger partial charge < -0.3 is 9.88 Å². The Morgan fingerprint density at radius 3 is 2.69 bits per heavy atom. The summed E-state index contributed by atoms with van der Waals surface area (Å²) in [5, 5.41) is 2.25. The van der Waals surface area contributed by atoms with Crippen molar-refractivity contribution >= 4 is 28.8 Å². The van der Waals surface area contributed by atoms with Gasteiger partial charge in [0.25, 0.3) is 5.91 Å². The van der Waals surface area contributed by atoms with Gasteiger partial charge in [-0.05, 0) is 24.6 Å². The van der Waals surface area contributed by atoms with Gasteiger partial charge in [0.05, 0.1) is 16.4 Å². The molecule has 10 heteroatoms. The number of aromatic nitrogens is 2. The fourth-order valence-electron chi connectivity index (χ4n) is 3.53. The lowest BCUT2D eigenvalue weighted by molar-refractivity contribution is -0.144. The zero-order chi connectivity index (χ0) is 18.7. The fraction of sp³-hybridized carbons (Fsp3) is 0.375. The highest BCUT2D eigenvalue weighted by Crippen LogP contribution is 2.38. The van der Waals surface area contributed by atoms with Crippen molar-refractivity contribution < 1.29 is 27.6 Å². The van der Waals surface area contributed by atoms with Crippen molar-refractivity contribution in [2.45, 2.75) is 19.0 Å². The molecule has 2 fully saturated rings. The predicted molar refractivity (Wildman–Crippen MR) is 81.8 cm³/mol. The first-order chi connectivity index (χ1) is 12.2. The quantitative estimate of drug-likeness (QED) is 0.747. The monoisotopic (exact) mass is 366 g/mol. The van der Waals surface area contributed by atoms with Crippen LogP contribution in [0, 0.1) is 5.41 Å². The lowest BCUT2D eigenvalue weighted by Crippen LogP contribution is -2.36. The Kier molecular flexibility index (Phi) is 3.37. The van der Waals surface area contributed by atoms with Crippen LogP contribution in [0.2, 0.25) is 0 Å². The van der Waals surface area contributed by atoms with Crippen LogP contribution in [0.4, 0.5) is 13.2 Å². The second-order valence-electron chi connectivity index (χ2n) is 6.63. The molecular formula is C16H13F3N4O3. The largest absolute Gasteiger partial charge is 0.449 e. The summed E-state index contributed by atoms with van der Waals surface area (Å²) >= 11 is 0. The molecule has 0 saturated carbocycles. The number of alkyl halides is 3. The summed E-state index contributed by atoms with van der Waals surface area (Å²) in [5.74, 6) is -2.27. The first kappa shape index (κ1) is 16.6. The van der Waals surface area contributed by atoms with Crippen LogP contribution in [-0.2, 0) is 15.8 Å². The molecule has 1 aromatic carbocycles. The molecule has 2 aliphatic heterocycles. The van der Waals surface area contributed by atoms with Crippen LogP contribution in [0.1, 0.15) is 29.0 Å². The highest BCUT2D eigenvalue weighted by Gasteiger charge is 2.51. The number of imidazole rings is 1. The molecule has 2 aliphatic rings. The number of likely N-dealkylation sites (tertiary alicyclic amines) is 1. The van der Waals surface area contributed by atoms with Crippen molar-refractivity contribution in [3.05, 3.63) is 29.6 Å². The Bertz CT molecular complexity index is 952. The van der Waals surface area contributed by atoms with E-state index in [4.69, 9.17) is 0 Å². The molecule has 136 valence electrons. The molecule has 0 bridgehead atoms. The fourth-order valence-corrected chi connectivity index (χ4v) is 3.53. The number of imide groups is 1. The van der Waals surface area contributed by atoms with E-state index in [9.17, 15) is 27.6 Å². The molecule has 7 nitrogen and oxygen atoms in total. The zero-order valence-corrected chi connectivity index (χ0v) is 13.3. The lowest BCUT2D eigenvalue weighted by Gasteiger charge is -2.20. The van der Waals surface area contributed by atoms with Crippen LogP contribution in [0.3, 0.4) is 0 Å². The molecule has 1 spiro atoms. The zero-order valence-electron chi connectivity index (χ0n) is 13.3. The minimum atomic E-state index is -4.60. The normalized spacial score (nSPS) is 23.3. The molecule has 3 amide bonds. The Hall–Kier alpha value is -2.91. The molecular weight excluding hydrogens is 353 g/mol. The van der Waals surface area contributed by atoms with Gasteiger partial charge >= 0.3 is 6.18 Å². The van der Waals surface area contributed by atoms with Gasteiger partial charge in [0.2, 0.25) is 17.6 Å². The van der Waals surface area contributed by atoms with Gasteiger partial charge in [-0.15, -0.1) is 0 Å². The number of nitrogens with zero attached hydrogens (tertiary/aromatic N) is 2. The van der Waals surface area contributed by atoms with E-state index >= 15 is 0 Å². The van der Waals surface area contributed by atoms with E-state index in [2.05, 4.69) is 15.3 Å². The second kappa shape index (κ2) is 5.29. The second-order valence-corrected chi connectivity index (χ2v) is 6.63. The van der Waals surface area contributed by atoms with Crippen LogP contribution in [0.15, 0.2) is 18.2 Å². The van der Waals surface area contributed by atoms with E-state index < -0.39 is 23.3 Å². The van der Waals surface area contributed by atoms with Crippen molar-refractivity contribution in [3.63, 3.8) is 0 Å². The first-order valence-electron chi connectivity index (χ1n) is 7.88. The van der Waals surface area contributed by atoms with Gasteiger partial charge in [0.1, 0.15) is 0 Å². The molecule has 2 N–H and O–H groups in total. The molecule has 2 saturated heterocycles. The van der Waals surface area contributed by atoms with Crippen molar-refractivity contribution in [2.75, 3.05) is 13.1 Å². The molecule has 3 heterocycles. The molecule has 1 atom stereocenters. The van der Waals surface area contributed by atoms with Crippen molar-refractivity contribution in [2.24, 2.45) is 5.41 Å².